The number of halogens is 1. The maximum Gasteiger partial charge on any atom is 0.232 e. The van der Waals surface area contributed by atoms with Crippen LogP contribution in [0.2, 0.25) is 0 Å². The van der Waals surface area contributed by atoms with E-state index < -0.39 is 10.0 Å². The van der Waals surface area contributed by atoms with Crippen LogP contribution >= 0.6 is 0 Å². The summed E-state index contributed by atoms with van der Waals surface area (Å²) in [6, 6.07) is 4.51. The molecular formula is C13H19FN2O2S. The molecule has 0 aliphatic carbocycles. The van der Waals surface area contributed by atoms with Crippen molar-refractivity contribution in [1.82, 2.24) is 0 Å². The van der Waals surface area contributed by atoms with E-state index in [1.165, 1.54) is 6.07 Å². The van der Waals surface area contributed by atoms with Crippen LogP contribution in [0.15, 0.2) is 18.2 Å². The Labute approximate surface area is 113 Å². The maximum absolute atomic E-state index is 14.0. The lowest BCUT2D eigenvalue weighted by molar-refractivity contribution is 0.599. The van der Waals surface area contributed by atoms with Gasteiger partial charge in [-0.2, -0.15) is 0 Å². The lowest BCUT2D eigenvalue weighted by Crippen LogP contribution is -2.20. The van der Waals surface area contributed by atoms with Gasteiger partial charge in [0.25, 0.3) is 0 Å². The molecule has 0 unspecified atom stereocenters. The normalized spacial score (nSPS) is 15.8. The molecule has 0 spiro atoms. The first-order valence-corrected chi connectivity index (χ1v) is 8.22. The van der Waals surface area contributed by atoms with Gasteiger partial charge < -0.3 is 4.90 Å². The quantitative estimate of drug-likeness (QED) is 0.905. The van der Waals surface area contributed by atoms with Crippen molar-refractivity contribution in [3.63, 3.8) is 0 Å². The molecule has 6 heteroatoms. The van der Waals surface area contributed by atoms with E-state index in [1.54, 1.807) is 19.1 Å². The number of hydrogen-bond donors (Lipinski definition) is 1. The zero-order chi connectivity index (χ0) is 13.9. The van der Waals surface area contributed by atoms with Gasteiger partial charge in [-0.3, -0.25) is 4.72 Å². The molecule has 0 radical (unpaired) electrons. The molecule has 0 saturated carbocycles. The predicted octanol–water partition coefficient (Wildman–Crippen LogP) is 2.58. The average molecular weight is 286 g/mol. The third-order valence-electron chi connectivity index (χ3n) is 3.14. The Morgan fingerprint density at radius 2 is 2.00 bits per heavy atom. The monoisotopic (exact) mass is 286 g/mol. The predicted molar refractivity (Wildman–Crippen MR) is 75.5 cm³/mol. The van der Waals surface area contributed by atoms with E-state index in [-0.39, 0.29) is 17.3 Å². The molecule has 1 N–H and O–H groups in total. The Bertz CT molecular complexity index is 540. The fourth-order valence-electron chi connectivity index (χ4n) is 2.28. The summed E-state index contributed by atoms with van der Waals surface area (Å²) in [6.45, 7) is 3.51. The second-order valence-corrected chi connectivity index (χ2v) is 6.62. The molecule has 0 aromatic heterocycles. The molecular weight excluding hydrogens is 267 g/mol. The summed E-state index contributed by atoms with van der Waals surface area (Å²) in [5.74, 6) is -0.332. The summed E-state index contributed by atoms with van der Waals surface area (Å²) in [7, 11) is -3.36. The van der Waals surface area contributed by atoms with Crippen LogP contribution in [-0.2, 0) is 10.0 Å². The Morgan fingerprint density at radius 3 is 2.58 bits per heavy atom. The summed E-state index contributed by atoms with van der Waals surface area (Å²) >= 11 is 0. The van der Waals surface area contributed by atoms with Gasteiger partial charge in [0, 0.05) is 19.2 Å². The van der Waals surface area contributed by atoms with E-state index in [9.17, 15) is 12.8 Å². The van der Waals surface area contributed by atoms with Crippen molar-refractivity contribution in [2.24, 2.45) is 0 Å². The Kier molecular flexibility index (Phi) is 4.29. The first kappa shape index (κ1) is 14.1. The fraction of sp³-hybridized carbons (Fsp3) is 0.538. The van der Waals surface area contributed by atoms with Gasteiger partial charge >= 0.3 is 0 Å². The van der Waals surface area contributed by atoms with Crippen LogP contribution in [0.1, 0.15) is 26.2 Å². The number of nitrogens with zero attached hydrogens (tertiary/aromatic N) is 1. The number of nitrogens with one attached hydrogen (secondary N) is 1. The smallest absolute Gasteiger partial charge is 0.232 e. The Morgan fingerprint density at radius 1 is 1.32 bits per heavy atom. The van der Waals surface area contributed by atoms with E-state index in [2.05, 4.69) is 4.72 Å². The third-order valence-corrected chi connectivity index (χ3v) is 4.63. The molecule has 4 nitrogen and oxygen atoms in total. The molecule has 1 saturated heterocycles. The maximum atomic E-state index is 14.0. The Hall–Kier alpha value is -1.30. The third kappa shape index (κ3) is 3.59. The van der Waals surface area contributed by atoms with Crippen LogP contribution in [0, 0.1) is 5.82 Å². The molecule has 2 rings (SSSR count). The lowest BCUT2D eigenvalue weighted by Gasteiger charge is -2.19. The second kappa shape index (κ2) is 5.77. The fourth-order valence-corrected chi connectivity index (χ4v) is 3.41. The van der Waals surface area contributed by atoms with Gasteiger partial charge in [-0.05, 0) is 31.4 Å². The zero-order valence-corrected chi connectivity index (χ0v) is 11.8. The van der Waals surface area contributed by atoms with Crippen molar-refractivity contribution in [3.8, 4) is 0 Å². The minimum absolute atomic E-state index is 0.0441. The highest BCUT2D eigenvalue weighted by molar-refractivity contribution is 7.92. The highest BCUT2D eigenvalue weighted by atomic mass is 32.2. The van der Waals surface area contributed by atoms with Gasteiger partial charge in [0.15, 0.2) is 0 Å². The van der Waals surface area contributed by atoms with Crippen molar-refractivity contribution >= 4 is 21.4 Å². The first-order valence-electron chi connectivity index (χ1n) is 6.57. The second-order valence-electron chi connectivity index (χ2n) is 4.78. The SMILES string of the molecule is CCCS(=O)(=O)Nc1ccc(N2CCCC2)c(F)c1. The van der Waals surface area contributed by atoms with E-state index in [0.717, 1.165) is 25.9 Å². The number of rotatable bonds is 5. The van der Waals surface area contributed by atoms with Crippen molar-refractivity contribution in [1.29, 1.82) is 0 Å². The van der Waals surface area contributed by atoms with Crippen LogP contribution in [-0.4, -0.2) is 27.3 Å². The number of sulfonamides is 1. The minimum atomic E-state index is -3.36. The summed E-state index contributed by atoms with van der Waals surface area (Å²) < 4.78 is 39.6. The first-order chi connectivity index (χ1) is 9.02. The summed E-state index contributed by atoms with van der Waals surface area (Å²) in [5.41, 5.74) is 0.838. The molecule has 0 amide bonds. The molecule has 1 aliphatic heterocycles. The zero-order valence-electron chi connectivity index (χ0n) is 11.0. The van der Waals surface area contributed by atoms with Gasteiger partial charge in [0.05, 0.1) is 17.1 Å². The molecule has 0 bridgehead atoms. The lowest BCUT2D eigenvalue weighted by atomic mass is 10.2. The van der Waals surface area contributed by atoms with Crippen molar-refractivity contribution < 1.29 is 12.8 Å². The Balaban J connectivity index is 2.14. The average Bonchev–Trinajstić information content (AvgIpc) is 2.81. The largest absolute Gasteiger partial charge is 0.369 e. The topological polar surface area (TPSA) is 49.4 Å². The molecule has 1 aromatic rings. The molecule has 0 atom stereocenters. The molecule has 1 heterocycles. The van der Waals surface area contributed by atoms with Gasteiger partial charge in [-0.1, -0.05) is 6.92 Å². The van der Waals surface area contributed by atoms with Crippen molar-refractivity contribution in [2.45, 2.75) is 26.2 Å². The highest BCUT2D eigenvalue weighted by Gasteiger charge is 2.17. The number of anilines is 2. The molecule has 1 fully saturated rings. The number of hydrogen-bond acceptors (Lipinski definition) is 3. The summed E-state index contributed by atoms with van der Waals surface area (Å²) in [4.78, 5) is 1.99. The summed E-state index contributed by atoms with van der Waals surface area (Å²) in [5, 5.41) is 0. The highest BCUT2D eigenvalue weighted by Crippen LogP contribution is 2.26. The van der Waals surface area contributed by atoms with E-state index >= 15 is 0 Å². The molecule has 1 aromatic carbocycles. The minimum Gasteiger partial charge on any atom is -0.369 e. The van der Waals surface area contributed by atoms with Crippen LogP contribution < -0.4 is 9.62 Å². The van der Waals surface area contributed by atoms with Gasteiger partial charge in [0.2, 0.25) is 10.0 Å². The van der Waals surface area contributed by atoms with Crippen molar-refractivity contribution in [2.75, 3.05) is 28.5 Å². The van der Waals surface area contributed by atoms with Crippen molar-refractivity contribution in [3.05, 3.63) is 24.0 Å². The molecule has 1 aliphatic rings. The number of benzene rings is 1. The van der Waals surface area contributed by atoms with Crippen LogP contribution in [0.25, 0.3) is 0 Å². The van der Waals surface area contributed by atoms with Crippen LogP contribution in [0.5, 0.6) is 0 Å². The van der Waals surface area contributed by atoms with Crippen LogP contribution in [0.4, 0.5) is 15.8 Å². The molecule has 19 heavy (non-hydrogen) atoms. The van der Waals surface area contributed by atoms with E-state index in [4.69, 9.17) is 0 Å². The van der Waals surface area contributed by atoms with E-state index in [0.29, 0.717) is 12.1 Å². The molecule has 106 valence electrons. The van der Waals surface area contributed by atoms with Gasteiger partial charge in [-0.25, -0.2) is 12.8 Å². The van der Waals surface area contributed by atoms with E-state index in [1.807, 2.05) is 4.90 Å². The van der Waals surface area contributed by atoms with Crippen LogP contribution in [0.3, 0.4) is 0 Å². The standard InChI is InChI=1S/C13H19FN2O2S/c1-2-9-19(17,18)15-11-5-6-13(12(14)10-11)16-7-3-4-8-16/h5-6,10,15H,2-4,7-9H2,1H3. The van der Waals surface area contributed by atoms with Gasteiger partial charge in [0.1, 0.15) is 5.82 Å². The summed E-state index contributed by atoms with van der Waals surface area (Å²) in [6.07, 6.45) is 2.68. The van der Waals surface area contributed by atoms with Gasteiger partial charge in [-0.15, -0.1) is 0 Å².